The van der Waals surface area contributed by atoms with Crippen LogP contribution in [0, 0.1) is 0 Å². The second-order valence-electron chi connectivity index (χ2n) is 5.77. The molecule has 0 aromatic heterocycles. The second-order valence-corrected chi connectivity index (χ2v) is 7.50. The number of carbonyl (C=O) groups is 1. The largest absolute Gasteiger partial charge is 0.497 e. The van der Waals surface area contributed by atoms with Gasteiger partial charge in [0.15, 0.2) is 0 Å². The zero-order valence-electron chi connectivity index (χ0n) is 14.6. The molecule has 0 atom stereocenters. The van der Waals surface area contributed by atoms with Crippen LogP contribution in [-0.2, 0) is 21.2 Å². The lowest BCUT2D eigenvalue weighted by Crippen LogP contribution is -2.39. The number of nitrogens with one attached hydrogen (secondary N) is 1. The minimum atomic E-state index is -3.94. The maximum absolute atomic E-state index is 12.6. The molecule has 0 saturated carbocycles. The molecule has 0 bridgehead atoms. The van der Waals surface area contributed by atoms with E-state index in [1.54, 1.807) is 11.0 Å². The molecule has 0 radical (unpaired) electrons. The molecule has 8 heteroatoms. The Kier molecular flexibility index (Phi) is 5.15. The first-order chi connectivity index (χ1) is 12.5. The third-order valence-electron chi connectivity index (χ3n) is 4.26. The van der Waals surface area contributed by atoms with Crippen molar-refractivity contribution in [3.05, 3.63) is 48.0 Å². The molecule has 3 rings (SSSR count). The molecule has 0 aliphatic carbocycles. The summed E-state index contributed by atoms with van der Waals surface area (Å²) in [4.78, 5) is 14.0. The van der Waals surface area contributed by atoms with Crippen LogP contribution < -0.4 is 19.1 Å². The van der Waals surface area contributed by atoms with E-state index in [2.05, 4.69) is 4.72 Å². The van der Waals surface area contributed by atoms with Crippen molar-refractivity contribution in [3.8, 4) is 11.5 Å². The molecule has 1 aliphatic heterocycles. The van der Waals surface area contributed by atoms with E-state index in [0.29, 0.717) is 12.3 Å². The summed E-state index contributed by atoms with van der Waals surface area (Å²) in [6.45, 7) is 0.208. The number of nitrogens with zero attached hydrogens (tertiary/aromatic N) is 1. The highest BCUT2D eigenvalue weighted by molar-refractivity contribution is 7.89. The van der Waals surface area contributed by atoms with Crippen molar-refractivity contribution in [3.63, 3.8) is 0 Å². The summed E-state index contributed by atoms with van der Waals surface area (Å²) in [6.07, 6.45) is 0.762. The summed E-state index contributed by atoms with van der Waals surface area (Å²) in [5.41, 5.74) is 1.91. The lowest BCUT2D eigenvalue weighted by atomic mass is 10.2. The van der Waals surface area contributed by atoms with E-state index >= 15 is 0 Å². The van der Waals surface area contributed by atoms with Crippen LogP contribution in [0.4, 0.5) is 5.69 Å². The van der Waals surface area contributed by atoms with Crippen LogP contribution in [-0.4, -0.2) is 41.6 Å². The van der Waals surface area contributed by atoms with Gasteiger partial charge in [-0.2, -0.15) is 0 Å². The maximum atomic E-state index is 12.6. The number of sulfonamides is 1. The molecule has 0 unspecified atom stereocenters. The number of rotatable bonds is 6. The number of benzene rings is 2. The minimum absolute atomic E-state index is 0.0750. The summed E-state index contributed by atoms with van der Waals surface area (Å²) in [5.74, 6) is 0.253. The van der Waals surface area contributed by atoms with Gasteiger partial charge in [-0.15, -0.1) is 0 Å². The standard InChI is InChI=1S/C18H20N2O5S/c1-24-14-7-8-16(25-2)17(11-14)26(22,23)19-12-18(21)20-10-9-13-5-3-4-6-15(13)20/h3-8,11,19H,9-10,12H2,1-2H3. The van der Waals surface area contributed by atoms with Crippen molar-refractivity contribution in [2.24, 2.45) is 0 Å². The Bertz CT molecular complexity index is 927. The Hall–Kier alpha value is -2.58. The van der Waals surface area contributed by atoms with Gasteiger partial charge in [0.25, 0.3) is 0 Å². The average molecular weight is 376 g/mol. The number of fused-ring (bicyclic) bond motifs is 1. The minimum Gasteiger partial charge on any atom is -0.497 e. The number of ether oxygens (including phenoxy) is 2. The molecule has 1 N–H and O–H groups in total. The Labute approximate surface area is 152 Å². The van der Waals surface area contributed by atoms with Gasteiger partial charge < -0.3 is 14.4 Å². The van der Waals surface area contributed by atoms with Gasteiger partial charge in [-0.25, -0.2) is 13.1 Å². The summed E-state index contributed by atoms with van der Waals surface area (Å²) >= 11 is 0. The molecule has 1 aliphatic rings. The van der Waals surface area contributed by atoms with E-state index < -0.39 is 10.0 Å². The van der Waals surface area contributed by atoms with Crippen LogP contribution in [0.2, 0.25) is 0 Å². The molecule has 0 saturated heterocycles. The fourth-order valence-corrected chi connectivity index (χ4v) is 4.08. The summed E-state index contributed by atoms with van der Waals surface area (Å²) in [6, 6.07) is 12.1. The normalized spacial score (nSPS) is 13.4. The first-order valence-electron chi connectivity index (χ1n) is 8.06. The second kappa shape index (κ2) is 7.35. The zero-order chi connectivity index (χ0) is 18.7. The van der Waals surface area contributed by atoms with Gasteiger partial charge in [-0.3, -0.25) is 4.79 Å². The molecular formula is C18H20N2O5S. The fourth-order valence-electron chi connectivity index (χ4n) is 2.92. The number of para-hydroxylation sites is 1. The number of methoxy groups -OCH3 is 2. The van der Waals surface area contributed by atoms with Crippen molar-refractivity contribution in [2.45, 2.75) is 11.3 Å². The average Bonchev–Trinajstić information content (AvgIpc) is 3.10. The highest BCUT2D eigenvalue weighted by Crippen LogP contribution is 2.29. The van der Waals surface area contributed by atoms with Gasteiger partial charge in [0.05, 0.1) is 20.8 Å². The van der Waals surface area contributed by atoms with Crippen molar-refractivity contribution >= 4 is 21.6 Å². The van der Waals surface area contributed by atoms with Gasteiger partial charge in [-0.1, -0.05) is 18.2 Å². The summed E-state index contributed by atoms with van der Waals surface area (Å²) in [5, 5.41) is 0. The van der Waals surface area contributed by atoms with Crippen LogP contribution in [0.3, 0.4) is 0 Å². The Morgan fingerprint density at radius 1 is 1.15 bits per heavy atom. The number of hydrogen-bond donors (Lipinski definition) is 1. The number of amides is 1. The third-order valence-corrected chi connectivity index (χ3v) is 5.68. The van der Waals surface area contributed by atoms with Crippen LogP contribution in [0.25, 0.3) is 0 Å². The van der Waals surface area contributed by atoms with Gasteiger partial charge in [0.1, 0.15) is 16.4 Å². The summed E-state index contributed by atoms with van der Waals surface area (Å²) < 4.78 is 37.8. The van der Waals surface area contributed by atoms with E-state index in [-0.39, 0.29) is 23.1 Å². The predicted octanol–water partition coefficient (Wildman–Crippen LogP) is 1.57. The van der Waals surface area contributed by atoms with Crippen molar-refractivity contribution in [1.82, 2.24) is 4.72 Å². The molecule has 2 aromatic carbocycles. The molecule has 1 heterocycles. The number of hydrogen-bond acceptors (Lipinski definition) is 5. The van der Waals surface area contributed by atoms with Crippen molar-refractivity contribution in [1.29, 1.82) is 0 Å². The lowest BCUT2D eigenvalue weighted by molar-refractivity contribution is -0.117. The Morgan fingerprint density at radius 2 is 1.92 bits per heavy atom. The zero-order valence-corrected chi connectivity index (χ0v) is 15.4. The van der Waals surface area contributed by atoms with E-state index in [0.717, 1.165) is 17.7 Å². The van der Waals surface area contributed by atoms with Crippen LogP contribution >= 0.6 is 0 Å². The van der Waals surface area contributed by atoms with Crippen molar-refractivity contribution in [2.75, 3.05) is 32.2 Å². The van der Waals surface area contributed by atoms with Gasteiger partial charge in [0.2, 0.25) is 15.9 Å². The van der Waals surface area contributed by atoms with Crippen LogP contribution in [0.15, 0.2) is 47.4 Å². The number of carbonyl (C=O) groups excluding carboxylic acids is 1. The molecule has 7 nitrogen and oxygen atoms in total. The number of anilines is 1. The highest BCUT2D eigenvalue weighted by Gasteiger charge is 2.26. The molecule has 138 valence electrons. The molecule has 0 fully saturated rings. The molecule has 26 heavy (non-hydrogen) atoms. The highest BCUT2D eigenvalue weighted by atomic mass is 32.2. The van der Waals surface area contributed by atoms with Gasteiger partial charge >= 0.3 is 0 Å². The van der Waals surface area contributed by atoms with E-state index in [4.69, 9.17) is 9.47 Å². The van der Waals surface area contributed by atoms with E-state index in [1.165, 1.54) is 26.4 Å². The molecule has 1 amide bonds. The predicted molar refractivity (Wildman–Crippen MR) is 97.2 cm³/mol. The summed E-state index contributed by atoms with van der Waals surface area (Å²) in [7, 11) is -1.11. The van der Waals surface area contributed by atoms with Crippen LogP contribution in [0.5, 0.6) is 11.5 Å². The fraction of sp³-hybridized carbons (Fsp3) is 0.278. The third kappa shape index (κ3) is 3.51. The van der Waals surface area contributed by atoms with Crippen molar-refractivity contribution < 1.29 is 22.7 Å². The SMILES string of the molecule is COc1ccc(OC)c(S(=O)(=O)NCC(=O)N2CCc3ccccc32)c1. The van der Waals surface area contributed by atoms with Crippen LogP contribution in [0.1, 0.15) is 5.56 Å². The first kappa shape index (κ1) is 18.2. The Balaban J connectivity index is 1.76. The monoisotopic (exact) mass is 376 g/mol. The molecule has 0 spiro atoms. The van der Waals surface area contributed by atoms with E-state index in [9.17, 15) is 13.2 Å². The topological polar surface area (TPSA) is 84.9 Å². The van der Waals surface area contributed by atoms with Gasteiger partial charge in [0, 0.05) is 18.3 Å². The molecule has 2 aromatic rings. The molecular weight excluding hydrogens is 356 g/mol. The quantitative estimate of drug-likeness (QED) is 0.827. The Morgan fingerprint density at radius 3 is 2.65 bits per heavy atom. The van der Waals surface area contributed by atoms with Gasteiger partial charge in [-0.05, 0) is 30.2 Å². The first-order valence-corrected chi connectivity index (χ1v) is 9.54. The smallest absolute Gasteiger partial charge is 0.244 e. The van der Waals surface area contributed by atoms with E-state index in [1.807, 2.05) is 24.3 Å². The maximum Gasteiger partial charge on any atom is 0.244 e. The lowest BCUT2D eigenvalue weighted by Gasteiger charge is -2.18.